The fourth-order valence-corrected chi connectivity index (χ4v) is 0.868. The van der Waals surface area contributed by atoms with Crippen LogP contribution in [0.1, 0.15) is 34.1 Å². The van der Waals surface area contributed by atoms with Crippen LogP contribution in [0.25, 0.3) is 0 Å². The second-order valence-corrected chi connectivity index (χ2v) is 3.80. The highest BCUT2D eigenvalue weighted by Gasteiger charge is 2.34. The Morgan fingerprint density at radius 1 is 1.43 bits per heavy atom. The second kappa shape index (κ2) is 5.10. The van der Waals surface area contributed by atoms with Crippen molar-refractivity contribution in [1.29, 1.82) is 0 Å². The van der Waals surface area contributed by atoms with Gasteiger partial charge in [-0.15, -0.1) is 0 Å². The fraction of sp³-hybridized carbons (Fsp3) is 0.800. The summed E-state index contributed by atoms with van der Waals surface area (Å²) in [6, 6.07) is 0. The number of carbonyl (C=O) groups excluding carboxylic acids is 2. The lowest BCUT2D eigenvalue weighted by molar-refractivity contribution is -0.148. The molecular formula is C10H18O4. The van der Waals surface area contributed by atoms with E-state index < -0.39 is 17.5 Å². The number of carbonyl (C=O) groups is 2. The highest BCUT2D eigenvalue weighted by Crippen LogP contribution is 2.24. The smallest absolute Gasteiger partial charge is 0.308 e. The van der Waals surface area contributed by atoms with Crippen molar-refractivity contribution < 1.29 is 19.4 Å². The van der Waals surface area contributed by atoms with E-state index >= 15 is 0 Å². The maximum absolute atomic E-state index is 11.1. The maximum atomic E-state index is 11.1. The first-order valence-electron chi connectivity index (χ1n) is 4.67. The number of aliphatic hydroxyl groups excluding tert-OH is 1. The van der Waals surface area contributed by atoms with Crippen LogP contribution in [0.2, 0.25) is 0 Å². The van der Waals surface area contributed by atoms with Crippen molar-refractivity contribution in [2.24, 2.45) is 5.41 Å². The van der Waals surface area contributed by atoms with Crippen LogP contribution in [0.15, 0.2) is 0 Å². The van der Waals surface area contributed by atoms with Crippen LogP contribution in [0.5, 0.6) is 0 Å². The van der Waals surface area contributed by atoms with Crippen LogP contribution in [-0.2, 0) is 14.3 Å². The Hall–Kier alpha value is -0.900. The van der Waals surface area contributed by atoms with Gasteiger partial charge in [-0.05, 0) is 13.8 Å². The lowest BCUT2D eigenvalue weighted by atomic mass is 9.81. The van der Waals surface area contributed by atoms with Gasteiger partial charge >= 0.3 is 5.97 Å². The first kappa shape index (κ1) is 13.1. The van der Waals surface area contributed by atoms with Crippen LogP contribution in [0, 0.1) is 5.41 Å². The summed E-state index contributed by atoms with van der Waals surface area (Å²) in [5.41, 5.74) is -0.896. The predicted molar refractivity (Wildman–Crippen MR) is 51.7 cm³/mol. The summed E-state index contributed by atoms with van der Waals surface area (Å²) in [6.07, 6.45) is -1.13. The molecule has 4 heteroatoms. The Balaban J connectivity index is 4.26. The molecular weight excluding hydrogens is 184 g/mol. The highest BCUT2D eigenvalue weighted by molar-refractivity contribution is 5.83. The van der Waals surface area contributed by atoms with Gasteiger partial charge in [-0.25, -0.2) is 0 Å². The van der Waals surface area contributed by atoms with Crippen LogP contribution >= 0.6 is 0 Å². The molecule has 0 aromatic carbocycles. The Morgan fingerprint density at radius 3 is 2.29 bits per heavy atom. The lowest BCUT2D eigenvalue weighted by Crippen LogP contribution is -2.37. The molecule has 1 N–H and O–H groups in total. The zero-order chi connectivity index (χ0) is 11.4. The van der Waals surface area contributed by atoms with Crippen molar-refractivity contribution in [3.05, 3.63) is 0 Å². The molecule has 82 valence electrons. The first-order valence-corrected chi connectivity index (χ1v) is 4.67. The molecule has 14 heavy (non-hydrogen) atoms. The molecule has 0 bridgehead atoms. The van der Waals surface area contributed by atoms with E-state index in [1.54, 1.807) is 20.8 Å². The summed E-state index contributed by atoms with van der Waals surface area (Å²) in [5.74, 6) is -0.622. The van der Waals surface area contributed by atoms with E-state index in [1.807, 2.05) is 0 Å². The lowest BCUT2D eigenvalue weighted by Gasteiger charge is -2.26. The number of Topliss-reactive ketones (excluding diaryl/α,β-unsaturated/α-hetero) is 1. The Labute approximate surface area is 84.3 Å². The van der Waals surface area contributed by atoms with Gasteiger partial charge in [0, 0.05) is 5.41 Å². The number of aliphatic hydroxyl groups is 1. The van der Waals surface area contributed by atoms with Crippen molar-refractivity contribution in [2.45, 2.75) is 40.2 Å². The van der Waals surface area contributed by atoms with Gasteiger partial charge in [0.15, 0.2) is 0 Å². The third kappa shape index (κ3) is 3.46. The van der Waals surface area contributed by atoms with Gasteiger partial charge in [0.1, 0.15) is 5.78 Å². The molecule has 0 rings (SSSR count). The van der Waals surface area contributed by atoms with Gasteiger partial charge in [0.2, 0.25) is 0 Å². The molecule has 0 aromatic heterocycles. The molecule has 0 aliphatic heterocycles. The third-order valence-electron chi connectivity index (χ3n) is 2.41. The summed E-state index contributed by atoms with van der Waals surface area (Å²) in [4.78, 5) is 22.2. The first-order chi connectivity index (χ1) is 6.32. The van der Waals surface area contributed by atoms with Gasteiger partial charge < -0.3 is 9.84 Å². The Bertz CT molecular complexity index is 220. The van der Waals surface area contributed by atoms with Crippen molar-refractivity contribution in [3.8, 4) is 0 Å². The molecule has 1 atom stereocenters. The summed E-state index contributed by atoms with van der Waals surface area (Å²) < 4.78 is 4.68. The molecule has 0 heterocycles. The summed E-state index contributed by atoms with van der Waals surface area (Å²) >= 11 is 0. The van der Waals surface area contributed by atoms with Gasteiger partial charge in [-0.1, -0.05) is 13.8 Å². The maximum Gasteiger partial charge on any atom is 0.308 e. The quantitative estimate of drug-likeness (QED) is 0.673. The van der Waals surface area contributed by atoms with Gasteiger partial charge in [0.25, 0.3) is 0 Å². The van der Waals surface area contributed by atoms with E-state index in [-0.39, 0.29) is 18.8 Å². The number of rotatable bonds is 5. The largest absolute Gasteiger partial charge is 0.466 e. The van der Waals surface area contributed by atoms with E-state index in [0.717, 1.165) is 0 Å². The minimum absolute atomic E-state index is 0.138. The average Bonchev–Trinajstić information content (AvgIpc) is 2.03. The monoisotopic (exact) mass is 202 g/mol. The number of ether oxygens (including phenoxy) is 1. The van der Waals surface area contributed by atoms with Crippen molar-refractivity contribution >= 4 is 11.8 Å². The third-order valence-corrected chi connectivity index (χ3v) is 2.41. The van der Waals surface area contributed by atoms with Gasteiger partial charge in [-0.2, -0.15) is 0 Å². The van der Waals surface area contributed by atoms with Gasteiger partial charge in [0.05, 0.1) is 19.1 Å². The normalized spacial score (nSPS) is 13.5. The minimum atomic E-state index is -0.987. The van der Waals surface area contributed by atoms with Crippen LogP contribution in [-0.4, -0.2) is 29.6 Å². The van der Waals surface area contributed by atoms with Crippen LogP contribution in [0.3, 0.4) is 0 Å². The number of esters is 1. The Kier molecular flexibility index (Phi) is 4.77. The number of hydrogen-bond acceptors (Lipinski definition) is 4. The van der Waals surface area contributed by atoms with E-state index in [0.29, 0.717) is 0 Å². The molecule has 0 radical (unpaired) electrons. The zero-order valence-corrected chi connectivity index (χ0v) is 9.16. The summed E-state index contributed by atoms with van der Waals surface area (Å²) in [5, 5.41) is 9.62. The van der Waals surface area contributed by atoms with Crippen molar-refractivity contribution in [2.75, 3.05) is 6.61 Å². The predicted octanol–water partition coefficient (Wildman–Crippen LogP) is 0.916. The molecule has 0 unspecified atom stereocenters. The summed E-state index contributed by atoms with van der Waals surface area (Å²) in [6.45, 7) is 6.60. The van der Waals surface area contributed by atoms with Crippen molar-refractivity contribution in [3.63, 3.8) is 0 Å². The number of hydrogen-bond donors (Lipinski definition) is 1. The van der Waals surface area contributed by atoms with E-state index in [1.165, 1.54) is 6.92 Å². The average molecular weight is 202 g/mol. The molecule has 0 amide bonds. The zero-order valence-electron chi connectivity index (χ0n) is 9.16. The van der Waals surface area contributed by atoms with Gasteiger partial charge in [-0.3, -0.25) is 9.59 Å². The van der Waals surface area contributed by atoms with Crippen LogP contribution in [0.4, 0.5) is 0 Å². The SMILES string of the molecule is CCOC(=O)C[C@@H](O)C(C)(C)C(C)=O. The minimum Gasteiger partial charge on any atom is -0.466 e. The second-order valence-electron chi connectivity index (χ2n) is 3.80. The molecule has 4 nitrogen and oxygen atoms in total. The molecule has 0 aliphatic carbocycles. The molecule has 0 spiro atoms. The summed E-state index contributed by atoms with van der Waals surface area (Å²) in [7, 11) is 0. The standard InChI is InChI=1S/C10H18O4/c1-5-14-9(13)6-8(12)10(3,4)7(2)11/h8,12H,5-6H2,1-4H3/t8-/m1/s1. The number of ketones is 1. The highest BCUT2D eigenvalue weighted by atomic mass is 16.5. The molecule has 0 saturated carbocycles. The van der Waals surface area contributed by atoms with E-state index in [2.05, 4.69) is 4.74 Å². The topological polar surface area (TPSA) is 63.6 Å². The van der Waals surface area contributed by atoms with Crippen molar-refractivity contribution in [1.82, 2.24) is 0 Å². The van der Waals surface area contributed by atoms with Crippen LogP contribution < -0.4 is 0 Å². The Morgan fingerprint density at radius 2 is 1.93 bits per heavy atom. The van der Waals surface area contributed by atoms with E-state index in [4.69, 9.17) is 0 Å². The molecule has 0 fully saturated rings. The fourth-order valence-electron chi connectivity index (χ4n) is 0.868. The molecule has 0 saturated heterocycles. The molecule has 0 aliphatic rings. The molecule has 0 aromatic rings. The van der Waals surface area contributed by atoms with E-state index in [9.17, 15) is 14.7 Å².